The first kappa shape index (κ1) is 14.5. The molecule has 0 spiro atoms. The fourth-order valence-electron chi connectivity index (χ4n) is 2.28. The average Bonchev–Trinajstić information content (AvgIpc) is 2.52. The van der Waals surface area contributed by atoms with Crippen LogP contribution in [0.5, 0.6) is 5.75 Å². The molecule has 4 nitrogen and oxygen atoms in total. The minimum absolute atomic E-state index is 0.198. The summed E-state index contributed by atoms with van der Waals surface area (Å²) in [6.07, 6.45) is 7.44. The molecule has 0 aliphatic heterocycles. The molecule has 106 valence electrons. The first-order valence-corrected chi connectivity index (χ1v) is 6.96. The van der Waals surface area contributed by atoms with Gasteiger partial charge in [0.15, 0.2) is 0 Å². The lowest BCUT2D eigenvalue weighted by atomic mass is 10.0. The maximum absolute atomic E-state index is 5.41. The van der Waals surface area contributed by atoms with E-state index in [0.717, 1.165) is 30.8 Å². The maximum atomic E-state index is 5.41. The second-order valence-electron chi connectivity index (χ2n) is 4.60. The van der Waals surface area contributed by atoms with Gasteiger partial charge < -0.3 is 10.1 Å². The Hall–Kier alpha value is -1.94. The van der Waals surface area contributed by atoms with E-state index in [2.05, 4.69) is 34.3 Å². The first-order valence-electron chi connectivity index (χ1n) is 6.96. The Kier molecular flexibility index (Phi) is 5.50. The molecule has 0 aliphatic rings. The van der Waals surface area contributed by atoms with E-state index in [0.29, 0.717) is 0 Å². The van der Waals surface area contributed by atoms with Gasteiger partial charge in [-0.05, 0) is 49.2 Å². The van der Waals surface area contributed by atoms with E-state index in [-0.39, 0.29) is 6.04 Å². The zero-order valence-electron chi connectivity index (χ0n) is 12.0. The lowest BCUT2D eigenvalue weighted by Crippen LogP contribution is -2.23. The highest BCUT2D eigenvalue weighted by Crippen LogP contribution is 2.25. The van der Waals surface area contributed by atoms with Crippen LogP contribution < -0.4 is 10.1 Å². The normalized spacial score (nSPS) is 12.1. The van der Waals surface area contributed by atoms with Crippen molar-refractivity contribution in [1.82, 2.24) is 15.3 Å². The van der Waals surface area contributed by atoms with Crippen LogP contribution in [0.15, 0.2) is 42.9 Å². The van der Waals surface area contributed by atoms with Crippen molar-refractivity contribution >= 4 is 0 Å². The summed E-state index contributed by atoms with van der Waals surface area (Å²) in [6.45, 7) is 3.01. The molecule has 2 aromatic rings. The Morgan fingerprint density at radius 3 is 2.70 bits per heavy atom. The fraction of sp³-hybridized carbons (Fsp3) is 0.375. The molecule has 0 fully saturated rings. The van der Waals surface area contributed by atoms with Crippen molar-refractivity contribution in [3.63, 3.8) is 0 Å². The number of aryl methyl sites for hydroxylation is 1. The molecule has 4 heteroatoms. The molecule has 1 unspecified atom stereocenters. The van der Waals surface area contributed by atoms with Crippen molar-refractivity contribution in [3.8, 4) is 5.75 Å². The minimum atomic E-state index is 0.198. The van der Waals surface area contributed by atoms with Crippen molar-refractivity contribution in [2.24, 2.45) is 0 Å². The quantitative estimate of drug-likeness (QED) is 0.841. The molecule has 20 heavy (non-hydrogen) atoms. The van der Waals surface area contributed by atoms with E-state index in [1.807, 2.05) is 30.7 Å². The molecule has 0 amide bonds. The number of ether oxygens (including phenoxy) is 1. The van der Waals surface area contributed by atoms with Crippen LogP contribution >= 0.6 is 0 Å². The van der Waals surface area contributed by atoms with Crippen LogP contribution in [-0.2, 0) is 6.42 Å². The van der Waals surface area contributed by atoms with Crippen LogP contribution in [0.25, 0.3) is 0 Å². The predicted octanol–water partition coefficient (Wildman–Crippen LogP) is 2.77. The third kappa shape index (κ3) is 3.78. The number of rotatable bonds is 7. The molecule has 1 N–H and O–H groups in total. The molecule has 2 heterocycles. The van der Waals surface area contributed by atoms with Gasteiger partial charge in [0.2, 0.25) is 0 Å². The van der Waals surface area contributed by atoms with Gasteiger partial charge >= 0.3 is 0 Å². The largest absolute Gasteiger partial charge is 0.495 e. The number of nitrogens with one attached hydrogen (secondary N) is 1. The van der Waals surface area contributed by atoms with Crippen LogP contribution in [0, 0.1) is 0 Å². The Labute approximate surface area is 120 Å². The number of nitrogens with zero attached hydrogens (tertiary/aromatic N) is 2. The lowest BCUT2D eigenvalue weighted by molar-refractivity contribution is 0.390. The van der Waals surface area contributed by atoms with Crippen molar-refractivity contribution < 1.29 is 4.74 Å². The van der Waals surface area contributed by atoms with Gasteiger partial charge in [-0.15, -0.1) is 0 Å². The topological polar surface area (TPSA) is 47.0 Å². The van der Waals surface area contributed by atoms with E-state index in [1.165, 1.54) is 5.56 Å². The van der Waals surface area contributed by atoms with E-state index >= 15 is 0 Å². The molecular weight excluding hydrogens is 250 g/mol. The Bertz CT molecular complexity index is 516. The standard InChI is InChI=1S/C16H21N3O/c1-3-18-14(7-6-13-8-11-17-12-9-13)16-15(20-2)5-4-10-19-16/h4-5,8-12,14,18H,3,6-7H2,1-2H3. The smallest absolute Gasteiger partial charge is 0.141 e. The van der Waals surface area contributed by atoms with Crippen molar-refractivity contribution in [3.05, 3.63) is 54.1 Å². The summed E-state index contributed by atoms with van der Waals surface area (Å²) in [4.78, 5) is 8.53. The summed E-state index contributed by atoms with van der Waals surface area (Å²) < 4.78 is 5.41. The Balaban J connectivity index is 2.10. The molecule has 2 aromatic heterocycles. The van der Waals surface area contributed by atoms with E-state index in [4.69, 9.17) is 4.74 Å². The minimum Gasteiger partial charge on any atom is -0.495 e. The van der Waals surface area contributed by atoms with Crippen molar-refractivity contribution in [1.29, 1.82) is 0 Å². The number of pyridine rings is 2. The monoisotopic (exact) mass is 271 g/mol. The Morgan fingerprint density at radius 1 is 1.20 bits per heavy atom. The molecule has 2 rings (SSSR count). The predicted molar refractivity (Wildman–Crippen MR) is 79.8 cm³/mol. The van der Waals surface area contributed by atoms with Crippen LogP contribution in [-0.4, -0.2) is 23.6 Å². The zero-order valence-corrected chi connectivity index (χ0v) is 12.0. The van der Waals surface area contributed by atoms with Crippen molar-refractivity contribution in [2.75, 3.05) is 13.7 Å². The third-order valence-electron chi connectivity index (χ3n) is 3.27. The second kappa shape index (κ2) is 7.60. The van der Waals surface area contributed by atoms with Gasteiger partial charge in [0.25, 0.3) is 0 Å². The molecule has 0 aromatic carbocycles. The van der Waals surface area contributed by atoms with Gasteiger partial charge in [-0.1, -0.05) is 6.92 Å². The summed E-state index contributed by atoms with van der Waals surface area (Å²) in [7, 11) is 1.69. The third-order valence-corrected chi connectivity index (χ3v) is 3.27. The van der Waals surface area contributed by atoms with E-state index < -0.39 is 0 Å². The zero-order chi connectivity index (χ0) is 14.2. The SMILES string of the molecule is CCNC(CCc1ccncc1)c1ncccc1OC. The molecule has 0 saturated heterocycles. The van der Waals surface area contributed by atoms with Gasteiger partial charge in [0, 0.05) is 18.6 Å². The van der Waals surface area contributed by atoms with E-state index in [1.54, 1.807) is 7.11 Å². The summed E-state index contributed by atoms with van der Waals surface area (Å²) >= 11 is 0. The summed E-state index contributed by atoms with van der Waals surface area (Å²) in [5.41, 5.74) is 2.27. The molecule has 1 atom stereocenters. The number of hydrogen-bond donors (Lipinski definition) is 1. The van der Waals surface area contributed by atoms with Crippen molar-refractivity contribution in [2.45, 2.75) is 25.8 Å². The molecule has 0 aliphatic carbocycles. The van der Waals surface area contributed by atoms with Crippen LogP contribution in [0.1, 0.15) is 30.6 Å². The molecule has 0 bridgehead atoms. The summed E-state index contributed by atoms with van der Waals surface area (Å²) in [5.74, 6) is 0.841. The van der Waals surface area contributed by atoms with Gasteiger partial charge in [0.05, 0.1) is 18.8 Å². The summed E-state index contributed by atoms with van der Waals surface area (Å²) in [5, 5.41) is 3.49. The second-order valence-corrected chi connectivity index (χ2v) is 4.60. The first-order chi connectivity index (χ1) is 9.85. The van der Waals surface area contributed by atoms with Crippen LogP contribution in [0.3, 0.4) is 0 Å². The number of aromatic nitrogens is 2. The lowest BCUT2D eigenvalue weighted by Gasteiger charge is -2.19. The number of hydrogen-bond acceptors (Lipinski definition) is 4. The van der Waals surface area contributed by atoms with Crippen LogP contribution in [0.4, 0.5) is 0 Å². The van der Waals surface area contributed by atoms with Crippen LogP contribution in [0.2, 0.25) is 0 Å². The van der Waals surface area contributed by atoms with Gasteiger partial charge in [-0.3, -0.25) is 9.97 Å². The van der Waals surface area contributed by atoms with Gasteiger partial charge in [0.1, 0.15) is 5.75 Å². The average molecular weight is 271 g/mol. The molecule has 0 saturated carbocycles. The highest BCUT2D eigenvalue weighted by Gasteiger charge is 2.16. The molecular formula is C16H21N3O. The fourth-order valence-corrected chi connectivity index (χ4v) is 2.28. The Morgan fingerprint density at radius 2 is 2.00 bits per heavy atom. The highest BCUT2D eigenvalue weighted by atomic mass is 16.5. The van der Waals surface area contributed by atoms with E-state index in [9.17, 15) is 0 Å². The highest BCUT2D eigenvalue weighted by molar-refractivity contribution is 5.29. The summed E-state index contributed by atoms with van der Waals surface area (Å²) in [6, 6.07) is 8.16. The van der Waals surface area contributed by atoms with Gasteiger partial charge in [-0.25, -0.2) is 0 Å². The maximum Gasteiger partial charge on any atom is 0.141 e. The molecule has 0 radical (unpaired) electrons. The van der Waals surface area contributed by atoms with Gasteiger partial charge in [-0.2, -0.15) is 0 Å². The number of methoxy groups -OCH3 is 1.